The molecule has 1 aliphatic heterocycles. The summed E-state index contributed by atoms with van der Waals surface area (Å²) in [6.07, 6.45) is 0.297. The maximum absolute atomic E-state index is 13.5. The molecule has 0 spiro atoms. The number of aromatic nitrogens is 2. The molecule has 1 aromatic heterocycles. The van der Waals surface area contributed by atoms with E-state index in [2.05, 4.69) is 10.2 Å². The van der Waals surface area contributed by atoms with Gasteiger partial charge in [0.1, 0.15) is 0 Å². The number of aliphatic hydroxyl groups is 1. The number of piperazine rings is 1. The quantitative estimate of drug-likeness (QED) is 0.268. The normalized spacial score (nSPS) is 17.6. The number of non-ortho nitro benzene ring substituents is 1. The molecule has 0 aliphatic carbocycles. The molecule has 2 heterocycles. The highest BCUT2D eigenvalue weighted by Gasteiger charge is 2.43. The summed E-state index contributed by atoms with van der Waals surface area (Å²) < 4.78 is 0. The van der Waals surface area contributed by atoms with Crippen molar-refractivity contribution in [3.8, 4) is 0 Å². The number of β-amino-alcohol motifs (C(OH)–C–C–N with tert-alkyl or cyclic N) is 1. The summed E-state index contributed by atoms with van der Waals surface area (Å²) in [6.45, 7) is -1.03. The number of nitro benzene ring substituents is 2. The van der Waals surface area contributed by atoms with E-state index in [0.717, 1.165) is 12.1 Å². The largest absolute Gasteiger partial charge is 0.783 e. The topological polar surface area (TPSA) is 199 Å². The summed E-state index contributed by atoms with van der Waals surface area (Å²) in [5.41, 5.74) is -3.13. The summed E-state index contributed by atoms with van der Waals surface area (Å²) in [6, 6.07) is 16.2. The molecule has 1 unspecified atom stereocenters. The molecule has 14 heteroatoms. The van der Waals surface area contributed by atoms with Crippen LogP contribution in [0.4, 0.5) is 11.4 Å². The third-order valence-corrected chi connectivity index (χ3v) is 6.82. The average Bonchev–Trinajstić information content (AvgIpc) is 2.95. The van der Waals surface area contributed by atoms with E-state index < -0.39 is 45.0 Å². The lowest BCUT2D eigenvalue weighted by atomic mass is 9.96. The van der Waals surface area contributed by atoms with Crippen LogP contribution in [0.5, 0.6) is 0 Å². The van der Waals surface area contributed by atoms with Crippen molar-refractivity contribution in [3.63, 3.8) is 0 Å². The third-order valence-electron chi connectivity index (χ3n) is 6.82. The first kappa shape index (κ1) is 26.6. The average molecular weight is 545 g/mol. The lowest BCUT2D eigenvalue weighted by Gasteiger charge is -2.51. The molecular weight excluding hydrogens is 524 g/mol. The van der Waals surface area contributed by atoms with E-state index in [-0.39, 0.29) is 29.3 Å². The van der Waals surface area contributed by atoms with E-state index in [9.17, 15) is 40.1 Å². The molecule has 3 aromatic carbocycles. The zero-order valence-corrected chi connectivity index (χ0v) is 20.7. The van der Waals surface area contributed by atoms with E-state index >= 15 is 0 Å². The number of hydroxylamine groups is 2. The van der Waals surface area contributed by atoms with Gasteiger partial charge in [0.25, 0.3) is 22.8 Å². The Morgan fingerprint density at radius 2 is 1.75 bits per heavy atom. The first-order valence-corrected chi connectivity index (χ1v) is 12.0. The van der Waals surface area contributed by atoms with Gasteiger partial charge in [-0.15, -0.1) is 0 Å². The van der Waals surface area contributed by atoms with Crippen LogP contribution in [0.3, 0.4) is 0 Å². The molecule has 1 fully saturated rings. The van der Waals surface area contributed by atoms with Gasteiger partial charge in [-0.2, -0.15) is 5.10 Å². The first-order valence-electron chi connectivity index (χ1n) is 12.0. The number of hydrogen-bond acceptors (Lipinski definition) is 10. The number of carbonyl (C=O) groups is 1. The summed E-state index contributed by atoms with van der Waals surface area (Å²) in [5.74, 6) is -0.530. The van der Waals surface area contributed by atoms with Gasteiger partial charge in [-0.25, -0.2) is 5.10 Å². The molecule has 0 bridgehead atoms. The second kappa shape index (κ2) is 10.3. The number of fused-ring (bicyclic) bond motifs is 1. The molecule has 40 heavy (non-hydrogen) atoms. The third kappa shape index (κ3) is 4.77. The lowest BCUT2D eigenvalue weighted by molar-refractivity contribution is -0.395. The van der Waals surface area contributed by atoms with Crippen molar-refractivity contribution in [2.45, 2.75) is 12.1 Å². The van der Waals surface area contributed by atoms with Crippen LogP contribution in [0.15, 0.2) is 71.5 Å². The van der Waals surface area contributed by atoms with Crippen LogP contribution in [-0.4, -0.2) is 60.7 Å². The zero-order chi connectivity index (χ0) is 28.6. The molecular formula is C26H21N6O8-. The minimum absolute atomic E-state index is 0.0677. The van der Waals surface area contributed by atoms with Crippen molar-refractivity contribution in [3.05, 3.63) is 125 Å². The number of rotatable bonds is 6. The molecule has 2 N–H and O–H groups in total. The van der Waals surface area contributed by atoms with Crippen molar-refractivity contribution < 1.29 is 19.7 Å². The summed E-state index contributed by atoms with van der Waals surface area (Å²) in [4.78, 5) is 47.8. The SMILES string of the molecule is O=C(c1cccc(Cc2n[nH]c(=O)c3ccccc23)c1)N1CCN([O-])C(O)(c2ccc([N+](=O)[O-])cc2[N+](=O)[O-])C1. The standard InChI is InChI=1S/C26H21N6O8/c33-24-20-7-2-1-6-19(20)22(27-28-24)13-16-4-3-5-17(12-16)25(34)29-10-11-30(36)26(35,15-29)21-9-8-18(31(37)38)14-23(21)32(39)40/h1-9,12,14,35H,10-11,13,15H2,(H,28,33)/q-1. The maximum atomic E-state index is 13.5. The highest BCUT2D eigenvalue weighted by molar-refractivity contribution is 5.94. The Labute approximate surface area is 225 Å². The predicted molar refractivity (Wildman–Crippen MR) is 141 cm³/mol. The highest BCUT2D eigenvalue weighted by Crippen LogP contribution is 2.37. The van der Waals surface area contributed by atoms with Crippen molar-refractivity contribution in [2.75, 3.05) is 19.6 Å². The minimum Gasteiger partial charge on any atom is -0.783 e. The molecule has 1 saturated heterocycles. The number of hydrogen-bond donors (Lipinski definition) is 2. The first-order chi connectivity index (χ1) is 19.1. The second-order valence-electron chi connectivity index (χ2n) is 9.28. The van der Waals surface area contributed by atoms with Crippen LogP contribution in [0.1, 0.15) is 27.2 Å². The Bertz CT molecular complexity index is 1720. The fourth-order valence-corrected chi connectivity index (χ4v) is 4.83. The molecule has 4 aromatic rings. The predicted octanol–water partition coefficient (Wildman–Crippen LogP) is 2.43. The number of aromatic amines is 1. The van der Waals surface area contributed by atoms with Gasteiger partial charge in [-0.05, 0) is 29.8 Å². The molecule has 1 atom stereocenters. The van der Waals surface area contributed by atoms with E-state index in [4.69, 9.17) is 0 Å². The Kier molecular flexibility index (Phi) is 6.81. The van der Waals surface area contributed by atoms with Gasteiger partial charge in [0.15, 0.2) is 5.72 Å². The van der Waals surface area contributed by atoms with Crippen molar-refractivity contribution >= 4 is 28.1 Å². The number of carbonyl (C=O) groups excluding carboxylic acids is 1. The molecule has 0 radical (unpaired) electrons. The molecule has 204 valence electrons. The van der Waals surface area contributed by atoms with Gasteiger partial charge >= 0.3 is 0 Å². The zero-order valence-electron chi connectivity index (χ0n) is 20.7. The fraction of sp³-hybridized carbons (Fsp3) is 0.192. The van der Waals surface area contributed by atoms with Crippen molar-refractivity contribution in [1.29, 1.82) is 0 Å². The Morgan fingerprint density at radius 3 is 2.48 bits per heavy atom. The molecule has 14 nitrogen and oxygen atoms in total. The van der Waals surface area contributed by atoms with Gasteiger partial charge in [0.2, 0.25) is 0 Å². The second-order valence-corrected chi connectivity index (χ2v) is 9.28. The highest BCUT2D eigenvalue weighted by atomic mass is 16.6. The van der Waals surface area contributed by atoms with Gasteiger partial charge in [0, 0.05) is 36.5 Å². The van der Waals surface area contributed by atoms with Gasteiger partial charge < -0.3 is 20.3 Å². The van der Waals surface area contributed by atoms with Crippen molar-refractivity contribution in [2.24, 2.45) is 0 Å². The molecule has 0 saturated carbocycles. The van der Waals surface area contributed by atoms with Crippen LogP contribution in [0, 0.1) is 25.4 Å². The number of nitrogens with zero attached hydrogens (tertiary/aromatic N) is 5. The minimum atomic E-state index is -2.51. The Balaban J connectivity index is 1.43. The molecule has 5 rings (SSSR count). The van der Waals surface area contributed by atoms with Crippen molar-refractivity contribution in [1.82, 2.24) is 20.2 Å². The van der Waals surface area contributed by atoms with Gasteiger partial charge in [-0.3, -0.25) is 29.8 Å². The summed E-state index contributed by atoms with van der Waals surface area (Å²) in [7, 11) is 0. The number of nitrogens with one attached hydrogen (secondary N) is 1. The molecule has 1 amide bonds. The van der Waals surface area contributed by atoms with Gasteiger partial charge in [-0.1, -0.05) is 30.3 Å². The van der Waals surface area contributed by atoms with Crippen LogP contribution in [0.2, 0.25) is 0 Å². The number of amides is 1. The summed E-state index contributed by atoms with van der Waals surface area (Å²) in [5, 5.41) is 54.8. The maximum Gasteiger partial charge on any atom is 0.283 e. The van der Waals surface area contributed by atoms with E-state index in [1.165, 1.54) is 4.90 Å². The fourth-order valence-electron chi connectivity index (χ4n) is 4.83. The van der Waals surface area contributed by atoms with Crippen LogP contribution in [-0.2, 0) is 12.1 Å². The van der Waals surface area contributed by atoms with E-state index in [1.54, 1.807) is 48.5 Å². The number of benzene rings is 3. The smallest absolute Gasteiger partial charge is 0.283 e. The Morgan fingerprint density at radius 1 is 1.00 bits per heavy atom. The lowest BCUT2D eigenvalue weighted by Crippen LogP contribution is -2.59. The number of H-pyrrole nitrogens is 1. The van der Waals surface area contributed by atoms with E-state index in [1.807, 2.05) is 0 Å². The van der Waals surface area contributed by atoms with E-state index in [0.29, 0.717) is 34.5 Å². The number of nitro groups is 2. The van der Waals surface area contributed by atoms with Crippen LogP contribution < -0.4 is 5.56 Å². The Hall–Kier alpha value is -5.05. The van der Waals surface area contributed by atoms with Crippen LogP contribution >= 0.6 is 0 Å². The summed E-state index contributed by atoms with van der Waals surface area (Å²) >= 11 is 0. The van der Waals surface area contributed by atoms with Gasteiger partial charge in [0.05, 0.1) is 39.1 Å². The van der Waals surface area contributed by atoms with Crippen LogP contribution in [0.25, 0.3) is 10.8 Å². The monoisotopic (exact) mass is 545 g/mol. The molecule has 1 aliphatic rings.